The summed E-state index contributed by atoms with van der Waals surface area (Å²) in [5, 5.41) is 3.58. The van der Waals surface area contributed by atoms with Gasteiger partial charge in [-0.25, -0.2) is 9.37 Å². The molecular formula is C17H20FN5. The van der Waals surface area contributed by atoms with Crippen LogP contribution in [0.4, 0.5) is 16.2 Å². The van der Waals surface area contributed by atoms with Crippen molar-refractivity contribution in [1.29, 1.82) is 0 Å². The van der Waals surface area contributed by atoms with Crippen molar-refractivity contribution in [3.8, 4) is 11.3 Å². The molecule has 6 heteroatoms. The molecular weight excluding hydrogens is 293 g/mol. The number of benzene rings is 1. The number of piperidine rings is 1. The smallest absolute Gasteiger partial charge is 0.222 e. The molecule has 2 atom stereocenters. The van der Waals surface area contributed by atoms with E-state index in [1.807, 2.05) is 12.1 Å². The van der Waals surface area contributed by atoms with Gasteiger partial charge in [0.15, 0.2) is 0 Å². The van der Waals surface area contributed by atoms with Crippen molar-refractivity contribution >= 4 is 11.8 Å². The third kappa shape index (κ3) is 2.86. The van der Waals surface area contributed by atoms with E-state index in [0.717, 1.165) is 31.0 Å². The number of nitrogens with one attached hydrogen (secondary N) is 1. The zero-order chi connectivity index (χ0) is 15.8. The number of anilines is 2. The monoisotopic (exact) mass is 313 g/mol. The van der Waals surface area contributed by atoms with Gasteiger partial charge in [-0.3, -0.25) is 0 Å². The SMILES string of the molecule is Nc1nc(-c2cccc(F)c2)cc(N2CC3CCCNC3C2)n1. The summed E-state index contributed by atoms with van der Waals surface area (Å²) in [4.78, 5) is 10.9. The van der Waals surface area contributed by atoms with Crippen LogP contribution in [0, 0.1) is 11.7 Å². The highest BCUT2D eigenvalue weighted by Gasteiger charge is 2.35. The summed E-state index contributed by atoms with van der Waals surface area (Å²) in [6.45, 7) is 3.01. The number of rotatable bonds is 2. The molecule has 2 aliphatic rings. The van der Waals surface area contributed by atoms with Gasteiger partial charge in [0, 0.05) is 30.8 Å². The molecule has 0 amide bonds. The molecule has 4 rings (SSSR count). The van der Waals surface area contributed by atoms with E-state index < -0.39 is 0 Å². The van der Waals surface area contributed by atoms with Crippen molar-refractivity contribution in [3.63, 3.8) is 0 Å². The summed E-state index contributed by atoms with van der Waals surface area (Å²) >= 11 is 0. The number of hydrogen-bond donors (Lipinski definition) is 2. The number of nitrogen functional groups attached to an aromatic ring is 1. The normalized spacial score (nSPS) is 23.8. The molecule has 2 fully saturated rings. The highest BCUT2D eigenvalue weighted by atomic mass is 19.1. The van der Waals surface area contributed by atoms with E-state index in [-0.39, 0.29) is 11.8 Å². The second-order valence-electron chi connectivity index (χ2n) is 6.35. The summed E-state index contributed by atoms with van der Waals surface area (Å²) in [6, 6.07) is 8.83. The van der Waals surface area contributed by atoms with Crippen LogP contribution in [-0.4, -0.2) is 35.6 Å². The van der Waals surface area contributed by atoms with Gasteiger partial charge in [0.25, 0.3) is 0 Å². The predicted octanol–water partition coefficient (Wildman–Crippen LogP) is 2.05. The van der Waals surface area contributed by atoms with Gasteiger partial charge in [0.05, 0.1) is 5.69 Å². The fraction of sp³-hybridized carbons (Fsp3) is 0.412. The van der Waals surface area contributed by atoms with Crippen molar-refractivity contribution in [1.82, 2.24) is 15.3 Å². The highest BCUT2D eigenvalue weighted by molar-refractivity contribution is 5.64. The molecule has 120 valence electrons. The summed E-state index contributed by atoms with van der Waals surface area (Å²) in [7, 11) is 0. The van der Waals surface area contributed by atoms with Gasteiger partial charge in [-0.1, -0.05) is 12.1 Å². The largest absolute Gasteiger partial charge is 0.368 e. The van der Waals surface area contributed by atoms with Crippen LogP contribution in [0.2, 0.25) is 0 Å². The third-order valence-electron chi connectivity index (χ3n) is 4.77. The van der Waals surface area contributed by atoms with Gasteiger partial charge in [-0.05, 0) is 37.4 Å². The topological polar surface area (TPSA) is 67.1 Å². The Bertz CT molecular complexity index is 706. The van der Waals surface area contributed by atoms with Crippen LogP contribution in [-0.2, 0) is 0 Å². The van der Waals surface area contributed by atoms with E-state index >= 15 is 0 Å². The second kappa shape index (κ2) is 5.77. The first-order valence-corrected chi connectivity index (χ1v) is 8.08. The van der Waals surface area contributed by atoms with Crippen LogP contribution < -0.4 is 16.0 Å². The average Bonchev–Trinajstić information content (AvgIpc) is 2.98. The maximum Gasteiger partial charge on any atom is 0.222 e. The Morgan fingerprint density at radius 1 is 1.22 bits per heavy atom. The molecule has 23 heavy (non-hydrogen) atoms. The first kappa shape index (κ1) is 14.4. The van der Waals surface area contributed by atoms with E-state index in [1.54, 1.807) is 6.07 Å². The third-order valence-corrected chi connectivity index (χ3v) is 4.77. The Morgan fingerprint density at radius 2 is 2.13 bits per heavy atom. The Morgan fingerprint density at radius 3 is 2.96 bits per heavy atom. The minimum absolute atomic E-state index is 0.226. The first-order chi connectivity index (χ1) is 11.2. The number of fused-ring (bicyclic) bond motifs is 1. The molecule has 1 aromatic carbocycles. The Balaban J connectivity index is 1.65. The van der Waals surface area contributed by atoms with Gasteiger partial charge in [-0.2, -0.15) is 4.98 Å². The van der Waals surface area contributed by atoms with Crippen LogP contribution in [0.3, 0.4) is 0 Å². The maximum absolute atomic E-state index is 13.5. The van der Waals surface area contributed by atoms with E-state index in [0.29, 0.717) is 17.7 Å². The molecule has 2 aromatic rings. The average molecular weight is 313 g/mol. The van der Waals surface area contributed by atoms with Crippen molar-refractivity contribution in [3.05, 3.63) is 36.1 Å². The summed E-state index contributed by atoms with van der Waals surface area (Å²) < 4.78 is 13.5. The van der Waals surface area contributed by atoms with Crippen LogP contribution in [0.5, 0.6) is 0 Å². The highest BCUT2D eigenvalue weighted by Crippen LogP contribution is 2.30. The van der Waals surface area contributed by atoms with Crippen LogP contribution >= 0.6 is 0 Å². The fourth-order valence-electron chi connectivity index (χ4n) is 3.64. The minimum Gasteiger partial charge on any atom is -0.368 e. The minimum atomic E-state index is -0.280. The number of aromatic nitrogens is 2. The summed E-state index contributed by atoms with van der Waals surface area (Å²) in [5.74, 6) is 1.44. The Kier molecular flexibility index (Phi) is 3.61. The van der Waals surface area contributed by atoms with Crippen LogP contribution in [0.25, 0.3) is 11.3 Å². The van der Waals surface area contributed by atoms with Crippen LogP contribution in [0.15, 0.2) is 30.3 Å². The lowest BCUT2D eigenvalue weighted by atomic mass is 9.94. The van der Waals surface area contributed by atoms with E-state index in [1.165, 1.54) is 25.0 Å². The number of nitrogens with two attached hydrogens (primary N) is 1. The molecule has 2 saturated heterocycles. The summed E-state index contributed by atoms with van der Waals surface area (Å²) in [5.41, 5.74) is 7.27. The number of halogens is 1. The molecule has 5 nitrogen and oxygen atoms in total. The standard InChI is InChI=1S/C17H20FN5/c18-13-5-1-3-11(7-13)14-8-16(22-17(19)21-14)23-9-12-4-2-6-20-15(12)10-23/h1,3,5,7-8,12,15,20H,2,4,6,9-10H2,(H2,19,21,22). The van der Waals surface area contributed by atoms with Crippen molar-refractivity contribution < 1.29 is 4.39 Å². The molecule has 0 radical (unpaired) electrons. The zero-order valence-electron chi connectivity index (χ0n) is 12.9. The molecule has 3 heterocycles. The van der Waals surface area contributed by atoms with Gasteiger partial charge in [-0.15, -0.1) is 0 Å². The van der Waals surface area contributed by atoms with E-state index in [9.17, 15) is 4.39 Å². The molecule has 2 aliphatic heterocycles. The number of hydrogen-bond acceptors (Lipinski definition) is 5. The maximum atomic E-state index is 13.5. The van der Waals surface area contributed by atoms with Crippen molar-refractivity contribution in [2.45, 2.75) is 18.9 Å². The van der Waals surface area contributed by atoms with E-state index in [2.05, 4.69) is 20.2 Å². The fourth-order valence-corrected chi connectivity index (χ4v) is 3.64. The van der Waals surface area contributed by atoms with Crippen LogP contribution in [0.1, 0.15) is 12.8 Å². The van der Waals surface area contributed by atoms with Crippen molar-refractivity contribution in [2.75, 3.05) is 30.3 Å². The van der Waals surface area contributed by atoms with Gasteiger partial charge in [0.2, 0.25) is 5.95 Å². The zero-order valence-corrected chi connectivity index (χ0v) is 12.9. The first-order valence-electron chi connectivity index (χ1n) is 8.08. The second-order valence-corrected chi connectivity index (χ2v) is 6.35. The molecule has 2 unspecified atom stereocenters. The molecule has 1 aromatic heterocycles. The van der Waals surface area contributed by atoms with Crippen molar-refractivity contribution in [2.24, 2.45) is 5.92 Å². The molecule has 0 saturated carbocycles. The summed E-state index contributed by atoms with van der Waals surface area (Å²) in [6.07, 6.45) is 2.49. The van der Waals surface area contributed by atoms with Gasteiger partial charge >= 0.3 is 0 Å². The molecule has 0 spiro atoms. The Hall–Kier alpha value is -2.21. The molecule has 0 bridgehead atoms. The lowest BCUT2D eigenvalue weighted by Gasteiger charge is -2.24. The molecule has 0 aliphatic carbocycles. The molecule has 3 N–H and O–H groups in total. The van der Waals surface area contributed by atoms with Gasteiger partial charge < -0.3 is 16.0 Å². The Labute approximate surface area is 134 Å². The quantitative estimate of drug-likeness (QED) is 0.888. The number of nitrogens with zero attached hydrogens (tertiary/aromatic N) is 3. The van der Waals surface area contributed by atoms with E-state index in [4.69, 9.17) is 5.73 Å². The predicted molar refractivity (Wildman–Crippen MR) is 88.6 cm³/mol. The lowest BCUT2D eigenvalue weighted by Crippen LogP contribution is -2.40. The lowest BCUT2D eigenvalue weighted by molar-refractivity contribution is 0.340. The van der Waals surface area contributed by atoms with Gasteiger partial charge in [0.1, 0.15) is 11.6 Å².